The summed E-state index contributed by atoms with van der Waals surface area (Å²) in [5.74, 6) is -0.0945. The summed E-state index contributed by atoms with van der Waals surface area (Å²) in [6.07, 6.45) is 46.2. The van der Waals surface area contributed by atoms with Gasteiger partial charge in [0.2, 0.25) is 5.91 Å². The summed E-state index contributed by atoms with van der Waals surface area (Å²) in [5, 5.41) is 13.2. The molecule has 7 nitrogen and oxygen atoms in total. The molecule has 0 fully saturated rings. The highest BCUT2D eigenvalue weighted by atomic mass is 35.5. The molecule has 0 aliphatic carbocycles. The molecular weight excluding hydrogens is 676 g/mol. The summed E-state index contributed by atoms with van der Waals surface area (Å²) in [6.45, 7) is 9.24. The van der Waals surface area contributed by atoms with Gasteiger partial charge in [-0.2, -0.15) is 0 Å². The van der Waals surface area contributed by atoms with Crippen LogP contribution in [-0.2, 0) is 4.79 Å². The Hall–Kier alpha value is -1.05. The highest BCUT2D eigenvalue weighted by Gasteiger charge is 2.22. The van der Waals surface area contributed by atoms with Crippen molar-refractivity contribution in [2.75, 3.05) is 39.8 Å². The number of guanidine groups is 1. The molecule has 1 atom stereocenters. The molecule has 0 aliphatic heterocycles. The largest absolute Gasteiger partial charge is 1.00 e. The van der Waals surface area contributed by atoms with Gasteiger partial charge in [0.1, 0.15) is 0 Å². The molecule has 0 heterocycles. The van der Waals surface area contributed by atoms with Gasteiger partial charge in [-0.1, -0.05) is 194 Å². The third-order valence-corrected chi connectivity index (χ3v) is 11.4. The highest BCUT2D eigenvalue weighted by molar-refractivity contribution is 5.81. The zero-order valence-electron chi connectivity index (χ0n) is 36.0. The summed E-state index contributed by atoms with van der Waals surface area (Å²) in [4.78, 5) is 12.7. The summed E-state index contributed by atoms with van der Waals surface area (Å²) < 4.78 is 1.05. The number of nitrogens with zero attached hydrogens (tertiary/aromatic N) is 1. The average molecular weight is 772 g/mol. The number of likely N-dealkylation sites (N-methyl/N-ethyl adjacent to an activating group) is 1. The topological polar surface area (TPSA) is 117 Å². The zero-order chi connectivity index (χ0) is 38.2. The van der Waals surface area contributed by atoms with Crippen LogP contribution in [0.4, 0.5) is 0 Å². The van der Waals surface area contributed by atoms with Gasteiger partial charge in [-0.3, -0.25) is 10.2 Å². The number of carbonyl (C=O) groups excluding carboxylic acids is 1. The monoisotopic (exact) mass is 771 g/mol. The SMILES string of the molecule is CCCCCCCCCCCCCCCCCC[N+](C)(CCCCCCCCCCCCCCCCCC)CCNC(=O)[C@@H](N)CCCNC(=N)N.[Cl-]. The molecule has 0 saturated carbocycles. The van der Waals surface area contributed by atoms with E-state index in [4.69, 9.17) is 16.9 Å². The molecule has 7 N–H and O–H groups in total. The number of halogens is 1. The number of amides is 1. The number of carbonyl (C=O) groups is 1. The normalized spacial score (nSPS) is 12.1. The van der Waals surface area contributed by atoms with Crippen molar-refractivity contribution in [2.45, 2.75) is 238 Å². The van der Waals surface area contributed by atoms with Crippen LogP contribution in [0.2, 0.25) is 0 Å². The van der Waals surface area contributed by atoms with Crippen LogP contribution in [0.5, 0.6) is 0 Å². The summed E-state index contributed by atoms with van der Waals surface area (Å²) in [7, 11) is 2.41. The second-order valence-corrected chi connectivity index (χ2v) is 16.8. The molecule has 0 rings (SSSR count). The lowest BCUT2D eigenvalue weighted by Gasteiger charge is -2.35. The lowest BCUT2D eigenvalue weighted by molar-refractivity contribution is -0.908. The van der Waals surface area contributed by atoms with Crippen LogP contribution in [0.25, 0.3) is 0 Å². The first-order valence-electron chi connectivity index (χ1n) is 23.3. The van der Waals surface area contributed by atoms with Crippen molar-refractivity contribution >= 4 is 11.9 Å². The number of hydrogen-bond acceptors (Lipinski definition) is 3. The van der Waals surface area contributed by atoms with Crippen LogP contribution in [0.3, 0.4) is 0 Å². The van der Waals surface area contributed by atoms with E-state index >= 15 is 0 Å². The van der Waals surface area contributed by atoms with E-state index in [9.17, 15) is 4.79 Å². The van der Waals surface area contributed by atoms with E-state index in [0.717, 1.165) is 17.4 Å². The van der Waals surface area contributed by atoms with Gasteiger partial charge in [-0.15, -0.1) is 0 Å². The van der Waals surface area contributed by atoms with Crippen molar-refractivity contribution < 1.29 is 21.7 Å². The van der Waals surface area contributed by atoms with E-state index in [0.29, 0.717) is 19.5 Å². The van der Waals surface area contributed by atoms with E-state index in [1.54, 1.807) is 0 Å². The van der Waals surface area contributed by atoms with Crippen molar-refractivity contribution in [3.63, 3.8) is 0 Å². The van der Waals surface area contributed by atoms with Crippen LogP contribution >= 0.6 is 0 Å². The van der Waals surface area contributed by atoms with Gasteiger partial charge in [0.15, 0.2) is 5.96 Å². The van der Waals surface area contributed by atoms with Gasteiger partial charge in [0.05, 0.1) is 39.3 Å². The Bertz CT molecular complexity index is 733. The fraction of sp³-hybridized carbons (Fsp3) is 0.956. The Morgan fingerprint density at radius 3 is 1.09 bits per heavy atom. The molecule has 0 aromatic heterocycles. The van der Waals surface area contributed by atoms with Gasteiger partial charge in [-0.05, 0) is 38.5 Å². The minimum Gasteiger partial charge on any atom is -1.00 e. The molecule has 8 heteroatoms. The van der Waals surface area contributed by atoms with Crippen molar-refractivity contribution in [1.29, 1.82) is 5.41 Å². The van der Waals surface area contributed by atoms with Crippen molar-refractivity contribution in [3.05, 3.63) is 0 Å². The van der Waals surface area contributed by atoms with Crippen LogP contribution in [0, 0.1) is 5.41 Å². The Morgan fingerprint density at radius 1 is 0.491 bits per heavy atom. The maximum absolute atomic E-state index is 12.7. The maximum atomic E-state index is 12.7. The van der Waals surface area contributed by atoms with E-state index in [-0.39, 0.29) is 24.3 Å². The van der Waals surface area contributed by atoms with Crippen LogP contribution in [0.1, 0.15) is 232 Å². The van der Waals surface area contributed by atoms with Gasteiger partial charge >= 0.3 is 0 Å². The Kier molecular flexibility index (Phi) is 42.9. The smallest absolute Gasteiger partial charge is 0.237 e. The molecule has 0 unspecified atom stereocenters. The van der Waals surface area contributed by atoms with Gasteiger partial charge in [0, 0.05) is 6.54 Å². The van der Waals surface area contributed by atoms with Crippen LogP contribution in [0.15, 0.2) is 0 Å². The minimum absolute atomic E-state index is 0. The Morgan fingerprint density at radius 2 is 0.792 bits per heavy atom. The lowest BCUT2D eigenvalue weighted by Crippen LogP contribution is -3.00. The highest BCUT2D eigenvalue weighted by Crippen LogP contribution is 2.17. The quantitative estimate of drug-likeness (QED) is 0.0185. The van der Waals surface area contributed by atoms with Crippen LogP contribution in [-0.4, -0.2) is 62.2 Å². The van der Waals surface area contributed by atoms with Gasteiger partial charge < -0.3 is 39.0 Å². The fourth-order valence-electron chi connectivity index (χ4n) is 7.67. The van der Waals surface area contributed by atoms with Gasteiger partial charge in [0.25, 0.3) is 0 Å². The van der Waals surface area contributed by atoms with Crippen molar-refractivity contribution in [1.82, 2.24) is 10.6 Å². The molecule has 0 saturated heterocycles. The second-order valence-electron chi connectivity index (χ2n) is 16.8. The average Bonchev–Trinajstić information content (AvgIpc) is 3.12. The van der Waals surface area contributed by atoms with Crippen molar-refractivity contribution in [3.8, 4) is 0 Å². The second kappa shape index (κ2) is 42.1. The number of quaternary nitrogens is 1. The molecule has 318 valence electrons. The van der Waals surface area contributed by atoms with E-state index in [1.165, 1.54) is 219 Å². The number of unbranched alkanes of at least 4 members (excludes halogenated alkanes) is 30. The number of hydrogen-bond donors (Lipinski definition) is 5. The molecule has 0 spiro atoms. The molecule has 0 aromatic rings. The first-order chi connectivity index (χ1) is 25.3. The first-order valence-corrected chi connectivity index (χ1v) is 23.3. The molecule has 0 bridgehead atoms. The lowest BCUT2D eigenvalue weighted by atomic mass is 10.0. The standard InChI is InChI=1S/C45H94N6O.ClH/c1-4-6-8-10-12-14-16-18-20-22-24-26-28-30-32-34-40-51(3,42-39-49-44(52)43(46)37-36-38-50-45(47)48)41-35-33-31-29-27-25-23-21-19-17-15-13-11-9-7-5-2;/h43H,4-42,46H2,1-3H3,(H4-,47,48,49,50,52);1H/t43-;/m0./s1. The summed E-state index contributed by atoms with van der Waals surface area (Å²) >= 11 is 0. The predicted octanol–water partition coefficient (Wildman–Crippen LogP) is 8.67. The molecule has 0 aromatic carbocycles. The molecule has 53 heavy (non-hydrogen) atoms. The Balaban J connectivity index is 0. The summed E-state index contributed by atoms with van der Waals surface area (Å²) in [5.41, 5.74) is 11.5. The first kappa shape index (κ1) is 54.1. The van der Waals surface area contributed by atoms with Crippen LogP contribution < -0.4 is 34.5 Å². The molecule has 1 amide bonds. The van der Waals surface area contributed by atoms with E-state index in [2.05, 4.69) is 31.5 Å². The van der Waals surface area contributed by atoms with Gasteiger partial charge in [-0.25, -0.2) is 0 Å². The fourth-order valence-corrected chi connectivity index (χ4v) is 7.67. The molecular formula is C45H95ClN6O. The minimum atomic E-state index is -0.506. The predicted molar refractivity (Wildman–Crippen MR) is 230 cm³/mol. The van der Waals surface area contributed by atoms with Crippen molar-refractivity contribution in [2.24, 2.45) is 11.5 Å². The van der Waals surface area contributed by atoms with E-state index in [1.807, 2.05) is 0 Å². The molecule has 0 aliphatic rings. The number of nitrogens with two attached hydrogens (primary N) is 2. The van der Waals surface area contributed by atoms with E-state index < -0.39 is 6.04 Å². The molecule has 0 radical (unpaired) electrons. The number of nitrogens with one attached hydrogen (secondary N) is 3. The zero-order valence-corrected chi connectivity index (χ0v) is 36.8. The number of rotatable bonds is 42. The summed E-state index contributed by atoms with van der Waals surface area (Å²) in [6, 6.07) is -0.506. The third kappa shape index (κ3) is 40.4. The third-order valence-electron chi connectivity index (χ3n) is 11.4. The maximum Gasteiger partial charge on any atom is 0.237 e. The Labute approximate surface area is 338 Å².